The molecule has 0 aromatic carbocycles. The first-order valence-corrected chi connectivity index (χ1v) is 6.82. The van der Waals surface area contributed by atoms with Gasteiger partial charge in [-0.2, -0.15) is 0 Å². The maximum absolute atomic E-state index is 8.57. The van der Waals surface area contributed by atoms with Gasteiger partial charge in [-0.25, -0.2) is 0 Å². The molecule has 0 bridgehead atoms. The van der Waals surface area contributed by atoms with E-state index < -0.39 is 17.9 Å². The molecule has 0 saturated heterocycles. The molecule has 0 aliphatic rings. The van der Waals surface area contributed by atoms with Crippen LogP contribution in [0.2, 0.25) is 14.2 Å². The summed E-state index contributed by atoms with van der Waals surface area (Å²) in [6, 6.07) is 0. The third-order valence-electron chi connectivity index (χ3n) is 1.40. The predicted octanol–water partition coefficient (Wildman–Crippen LogP) is -0.00160. The second kappa shape index (κ2) is 10.6. The first-order chi connectivity index (χ1) is 4.85. The summed E-state index contributed by atoms with van der Waals surface area (Å²) in [6.07, 6.45) is 0. The van der Waals surface area contributed by atoms with E-state index in [-0.39, 0.29) is 26.0 Å². The molecule has 0 spiro atoms. The Hall–Kier alpha value is 0.554. The Bertz CT molecular complexity index is 60.6. The molecule has 6 N–H and O–H groups in total. The van der Waals surface area contributed by atoms with E-state index in [2.05, 4.69) is 0 Å². The Morgan fingerprint density at radius 1 is 0.727 bits per heavy atom. The number of rotatable bonds is 6. The number of aliphatic hydroxyl groups excluding tert-OH is 3. The SMILES string of the molecule is N.OC[CH2][Ti]([CH2]CO)[CH2]CO. The van der Waals surface area contributed by atoms with Crippen molar-refractivity contribution in [2.75, 3.05) is 19.8 Å². The molecule has 0 aromatic rings. The second-order valence-corrected chi connectivity index (χ2v) is 6.86. The van der Waals surface area contributed by atoms with E-state index in [9.17, 15) is 0 Å². The van der Waals surface area contributed by atoms with E-state index in [0.29, 0.717) is 0 Å². The molecule has 0 aliphatic carbocycles. The van der Waals surface area contributed by atoms with Crippen molar-refractivity contribution >= 4 is 0 Å². The normalized spacial score (nSPS) is 9.00. The first-order valence-electron chi connectivity index (χ1n) is 3.51. The average molecular weight is 200 g/mol. The zero-order valence-electron chi connectivity index (χ0n) is 6.79. The van der Waals surface area contributed by atoms with E-state index in [1.807, 2.05) is 0 Å². The van der Waals surface area contributed by atoms with Crippen LogP contribution < -0.4 is 6.15 Å². The Morgan fingerprint density at radius 3 is 1.18 bits per heavy atom. The summed E-state index contributed by atoms with van der Waals surface area (Å²) in [6.45, 7) is 0.653. The van der Waals surface area contributed by atoms with E-state index in [1.54, 1.807) is 0 Å². The van der Waals surface area contributed by atoms with Crippen LogP contribution in [0, 0.1) is 0 Å². The first kappa shape index (κ1) is 14.1. The van der Waals surface area contributed by atoms with Crippen LogP contribution in [-0.4, -0.2) is 35.1 Å². The van der Waals surface area contributed by atoms with Crippen LogP contribution >= 0.6 is 0 Å². The zero-order valence-corrected chi connectivity index (χ0v) is 8.35. The van der Waals surface area contributed by atoms with E-state index in [1.165, 1.54) is 0 Å². The van der Waals surface area contributed by atoms with Crippen LogP contribution in [0.1, 0.15) is 0 Å². The molecule has 0 aromatic heterocycles. The number of hydrogen-bond acceptors (Lipinski definition) is 4. The van der Waals surface area contributed by atoms with Crippen molar-refractivity contribution in [2.45, 2.75) is 14.2 Å². The van der Waals surface area contributed by atoms with E-state index >= 15 is 0 Å². The van der Waals surface area contributed by atoms with Crippen LogP contribution in [-0.2, 0) is 17.9 Å². The van der Waals surface area contributed by atoms with E-state index in [0.717, 1.165) is 14.2 Å². The minimum atomic E-state index is -1.24. The fourth-order valence-corrected chi connectivity index (χ4v) is 3.50. The maximum atomic E-state index is 8.57. The van der Waals surface area contributed by atoms with Gasteiger partial charge in [-0.05, 0) is 0 Å². The third kappa shape index (κ3) is 8.46. The van der Waals surface area contributed by atoms with E-state index in [4.69, 9.17) is 15.3 Å². The van der Waals surface area contributed by atoms with Gasteiger partial charge in [-0.1, -0.05) is 0 Å². The molecule has 0 saturated carbocycles. The molecule has 0 fully saturated rings. The molecular formula is C6H18NO3Ti. The fraction of sp³-hybridized carbons (Fsp3) is 1.00. The molecule has 11 heavy (non-hydrogen) atoms. The monoisotopic (exact) mass is 200 g/mol. The summed E-state index contributed by atoms with van der Waals surface area (Å²) >= 11 is -1.24. The number of aliphatic hydroxyl groups is 3. The molecule has 0 radical (unpaired) electrons. The van der Waals surface area contributed by atoms with Crippen molar-refractivity contribution in [1.82, 2.24) is 6.15 Å². The zero-order chi connectivity index (χ0) is 7.82. The molecule has 0 unspecified atom stereocenters. The fourth-order valence-electron chi connectivity index (χ4n) is 0.849. The van der Waals surface area contributed by atoms with Crippen molar-refractivity contribution < 1.29 is 33.2 Å². The van der Waals surface area contributed by atoms with Crippen LogP contribution in [0.4, 0.5) is 0 Å². The second-order valence-electron chi connectivity index (χ2n) is 2.17. The molecule has 4 nitrogen and oxygen atoms in total. The van der Waals surface area contributed by atoms with Gasteiger partial charge in [-0.15, -0.1) is 0 Å². The molecule has 0 atom stereocenters. The molecule has 5 heteroatoms. The summed E-state index contributed by atoms with van der Waals surface area (Å²) in [5, 5.41) is 25.7. The van der Waals surface area contributed by atoms with Gasteiger partial charge in [-0.3, -0.25) is 0 Å². The Kier molecular flexibility index (Phi) is 13.5. The van der Waals surface area contributed by atoms with Crippen molar-refractivity contribution in [3.63, 3.8) is 0 Å². The van der Waals surface area contributed by atoms with Gasteiger partial charge in [0, 0.05) is 0 Å². The minimum absolute atomic E-state index is 0. The topological polar surface area (TPSA) is 95.7 Å². The standard InChI is InChI=1S/3C2H5O.H3N.Ti/c3*1-2-3;;/h3*3H,1-2H2;1H3;. The van der Waals surface area contributed by atoms with Gasteiger partial charge in [0.15, 0.2) is 0 Å². The molecule has 0 rings (SSSR count). The van der Waals surface area contributed by atoms with Crippen molar-refractivity contribution in [3.05, 3.63) is 0 Å². The summed E-state index contributed by atoms with van der Waals surface area (Å²) in [5.74, 6) is 0. The van der Waals surface area contributed by atoms with Crippen LogP contribution in [0.25, 0.3) is 0 Å². The molecule has 0 amide bonds. The Balaban J connectivity index is 0. The molecule has 0 aliphatic heterocycles. The van der Waals surface area contributed by atoms with Crippen molar-refractivity contribution in [2.24, 2.45) is 0 Å². The summed E-state index contributed by atoms with van der Waals surface area (Å²) < 4.78 is 2.54. The Morgan fingerprint density at radius 2 is 1.00 bits per heavy atom. The predicted molar refractivity (Wildman–Crippen MR) is 40.7 cm³/mol. The van der Waals surface area contributed by atoms with Crippen LogP contribution in [0.15, 0.2) is 0 Å². The summed E-state index contributed by atoms with van der Waals surface area (Å²) in [5.41, 5.74) is 0. The van der Waals surface area contributed by atoms with Crippen molar-refractivity contribution in [1.29, 1.82) is 0 Å². The average Bonchev–Trinajstić information content (AvgIpc) is 1.90. The third-order valence-corrected chi connectivity index (χ3v) is 5.76. The summed E-state index contributed by atoms with van der Waals surface area (Å²) in [4.78, 5) is 0. The number of hydrogen-bond donors (Lipinski definition) is 4. The molecular weight excluding hydrogens is 182 g/mol. The van der Waals surface area contributed by atoms with Crippen molar-refractivity contribution in [3.8, 4) is 0 Å². The molecule has 69 valence electrons. The van der Waals surface area contributed by atoms with Gasteiger partial charge in [0.2, 0.25) is 0 Å². The van der Waals surface area contributed by atoms with Gasteiger partial charge in [0.1, 0.15) is 0 Å². The van der Waals surface area contributed by atoms with Gasteiger partial charge < -0.3 is 6.15 Å². The molecule has 0 heterocycles. The quantitative estimate of drug-likeness (QED) is 0.453. The Labute approximate surface area is 73.7 Å². The summed E-state index contributed by atoms with van der Waals surface area (Å²) in [7, 11) is 0. The van der Waals surface area contributed by atoms with Crippen LogP contribution in [0.5, 0.6) is 0 Å². The van der Waals surface area contributed by atoms with Gasteiger partial charge in [0.05, 0.1) is 0 Å². The van der Waals surface area contributed by atoms with Gasteiger partial charge in [0.25, 0.3) is 0 Å². The van der Waals surface area contributed by atoms with Gasteiger partial charge >= 0.3 is 67.2 Å². The van der Waals surface area contributed by atoms with Crippen LogP contribution in [0.3, 0.4) is 0 Å².